The van der Waals surface area contributed by atoms with Gasteiger partial charge in [-0.25, -0.2) is 0 Å². The van der Waals surface area contributed by atoms with Crippen LogP contribution in [0.15, 0.2) is 89.4 Å². The standard InChI is InChI=1S/C25H17BrClN/c1-28-23-12-11-20(27)15-22(23)25-21(17-7-9-19(26)10-8-17)13-18(14-24(25)28)16-5-3-2-4-6-16/h2-15H,1H3. The summed E-state index contributed by atoms with van der Waals surface area (Å²) < 4.78 is 3.34. The summed E-state index contributed by atoms with van der Waals surface area (Å²) in [7, 11) is 2.12. The Hall–Kier alpha value is -2.55. The van der Waals surface area contributed by atoms with Crippen molar-refractivity contribution in [1.29, 1.82) is 0 Å². The Morgan fingerprint density at radius 3 is 2.21 bits per heavy atom. The van der Waals surface area contributed by atoms with Crippen LogP contribution in [0.3, 0.4) is 0 Å². The minimum atomic E-state index is 0.758. The molecule has 3 heteroatoms. The first-order chi connectivity index (χ1) is 13.6. The molecular weight excluding hydrogens is 430 g/mol. The van der Waals surface area contributed by atoms with Crippen LogP contribution in [-0.2, 0) is 7.05 Å². The quantitative estimate of drug-likeness (QED) is 0.258. The first-order valence-electron chi connectivity index (χ1n) is 9.15. The Morgan fingerprint density at radius 2 is 1.46 bits per heavy atom. The number of aromatic nitrogens is 1. The summed E-state index contributed by atoms with van der Waals surface area (Å²) in [6.45, 7) is 0. The Kier molecular flexibility index (Phi) is 4.26. The molecule has 1 nitrogen and oxygen atoms in total. The average molecular weight is 447 g/mol. The van der Waals surface area contributed by atoms with Gasteiger partial charge in [0.15, 0.2) is 0 Å². The van der Waals surface area contributed by atoms with E-state index >= 15 is 0 Å². The molecule has 0 radical (unpaired) electrons. The van der Waals surface area contributed by atoms with Gasteiger partial charge in [0.25, 0.3) is 0 Å². The molecule has 0 spiro atoms. The van der Waals surface area contributed by atoms with Crippen LogP contribution in [0.25, 0.3) is 44.1 Å². The molecule has 0 atom stereocenters. The minimum absolute atomic E-state index is 0.758. The summed E-state index contributed by atoms with van der Waals surface area (Å²) in [5, 5.41) is 3.18. The van der Waals surface area contributed by atoms with E-state index in [9.17, 15) is 0 Å². The Bertz CT molecular complexity index is 1320. The van der Waals surface area contributed by atoms with Gasteiger partial charge in [-0.15, -0.1) is 0 Å². The molecule has 0 aliphatic rings. The molecule has 0 aliphatic carbocycles. The van der Waals surface area contributed by atoms with Crippen molar-refractivity contribution in [2.24, 2.45) is 7.05 Å². The molecule has 0 saturated carbocycles. The maximum atomic E-state index is 6.36. The van der Waals surface area contributed by atoms with E-state index in [0.29, 0.717) is 0 Å². The van der Waals surface area contributed by atoms with E-state index in [0.717, 1.165) is 9.50 Å². The van der Waals surface area contributed by atoms with Gasteiger partial charge in [0.05, 0.1) is 5.52 Å². The molecule has 5 aromatic rings. The van der Waals surface area contributed by atoms with Crippen LogP contribution in [0.1, 0.15) is 0 Å². The highest BCUT2D eigenvalue weighted by Crippen LogP contribution is 2.40. The van der Waals surface area contributed by atoms with Gasteiger partial charge >= 0.3 is 0 Å². The van der Waals surface area contributed by atoms with Crippen molar-refractivity contribution in [2.75, 3.05) is 0 Å². The summed E-state index contributed by atoms with van der Waals surface area (Å²) in [6.07, 6.45) is 0. The van der Waals surface area contributed by atoms with Crippen LogP contribution in [0, 0.1) is 0 Å². The molecule has 0 unspecified atom stereocenters. The number of rotatable bonds is 2. The molecule has 0 fully saturated rings. The lowest BCUT2D eigenvalue weighted by molar-refractivity contribution is 1.01. The van der Waals surface area contributed by atoms with Gasteiger partial charge in [-0.2, -0.15) is 0 Å². The van der Waals surface area contributed by atoms with Crippen LogP contribution >= 0.6 is 27.5 Å². The topological polar surface area (TPSA) is 4.93 Å². The normalized spacial score (nSPS) is 11.4. The maximum Gasteiger partial charge on any atom is 0.0501 e. The molecule has 0 N–H and O–H groups in total. The van der Waals surface area contributed by atoms with Crippen molar-refractivity contribution in [2.45, 2.75) is 0 Å². The fourth-order valence-electron chi connectivity index (χ4n) is 3.96. The second-order valence-corrected chi connectivity index (χ2v) is 8.36. The molecule has 28 heavy (non-hydrogen) atoms. The van der Waals surface area contributed by atoms with Gasteiger partial charge in [0.1, 0.15) is 0 Å². The molecule has 1 aromatic heterocycles. The van der Waals surface area contributed by atoms with Gasteiger partial charge in [-0.1, -0.05) is 70.0 Å². The highest BCUT2D eigenvalue weighted by Gasteiger charge is 2.16. The molecule has 1 heterocycles. The lowest BCUT2D eigenvalue weighted by atomic mass is 9.94. The van der Waals surface area contributed by atoms with Crippen LogP contribution in [0.5, 0.6) is 0 Å². The number of halogens is 2. The first kappa shape index (κ1) is 17.5. The SMILES string of the molecule is Cn1c2ccc(Cl)cc2c2c(-c3ccc(Br)cc3)cc(-c3ccccc3)cc21. The molecule has 136 valence electrons. The van der Waals surface area contributed by atoms with Crippen molar-refractivity contribution in [3.8, 4) is 22.3 Å². The number of nitrogens with zero attached hydrogens (tertiary/aromatic N) is 1. The van der Waals surface area contributed by atoms with E-state index in [2.05, 4.69) is 106 Å². The van der Waals surface area contributed by atoms with Crippen LogP contribution in [-0.4, -0.2) is 4.57 Å². The monoisotopic (exact) mass is 445 g/mol. The molecule has 0 bridgehead atoms. The van der Waals surface area contributed by atoms with Crippen molar-refractivity contribution in [3.63, 3.8) is 0 Å². The van der Waals surface area contributed by atoms with Gasteiger partial charge in [-0.05, 0) is 64.7 Å². The smallest absolute Gasteiger partial charge is 0.0501 e. The number of aryl methyl sites for hydroxylation is 1. The minimum Gasteiger partial charge on any atom is -0.344 e. The van der Waals surface area contributed by atoms with E-state index in [1.54, 1.807) is 0 Å². The predicted octanol–water partition coefficient (Wildman–Crippen LogP) is 8.08. The number of hydrogen-bond acceptors (Lipinski definition) is 0. The van der Waals surface area contributed by atoms with Crippen LogP contribution in [0.4, 0.5) is 0 Å². The number of benzene rings is 4. The van der Waals surface area contributed by atoms with E-state index < -0.39 is 0 Å². The molecule has 5 rings (SSSR count). The zero-order valence-corrected chi connectivity index (χ0v) is 17.6. The van der Waals surface area contributed by atoms with Crippen molar-refractivity contribution < 1.29 is 0 Å². The second kappa shape index (κ2) is 6.80. The summed E-state index contributed by atoms with van der Waals surface area (Å²) in [6, 6.07) is 29.8. The third-order valence-corrected chi connectivity index (χ3v) is 6.09. The number of hydrogen-bond donors (Lipinski definition) is 0. The lowest BCUT2D eigenvalue weighted by Crippen LogP contribution is -1.89. The number of fused-ring (bicyclic) bond motifs is 3. The fraction of sp³-hybridized carbons (Fsp3) is 0.0400. The summed E-state index contributed by atoms with van der Waals surface area (Å²) in [5.41, 5.74) is 7.23. The van der Waals surface area contributed by atoms with Gasteiger partial charge < -0.3 is 4.57 Å². The zero-order chi connectivity index (χ0) is 19.3. The first-order valence-corrected chi connectivity index (χ1v) is 10.3. The molecular formula is C25H17BrClN. The van der Waals surface area contributed by atoms with Gasteiger partial charge in [0, 0.05) is 32.8 Å². The van der Waals surface area contributed by atoms with E-state index in [1.165, 1.54) is 44.1 Å². The molecule has 0 amide bonds. The summed E-state index contributed by atoms with van der Waals surface area (Å²) >= 11 is 9.91. The van der Waals surface area contributed by atoms with Gasteiger partial charge in [0.2, 0.25) is 0 Å². The van der Waals surface area contributed by atoms with Crippen LogP contribution < -0.4 is 0 Å². The molecule has 4 aromatic carbocycles. The second-order valence-electron chi connectivity index (χ2n) is 7.01. The third kappa shape index (κ3) is 2.85. The third-order valence-electron chi connectivity index (χ3n) is 5.33. The Labute approximate surface area is 177 Å². The highest BCUT2D eigenvalue weighted by atomic mass is 79.9. The zero-order valence-electron chi connectivity index (χ0n) is 15.3. The van der Waals surface area contributed by atoms with E-state index in [4.69, 9.17) is 11.6 Å². The van der Waals surface area contributed by atoms with Crippen molar-refractivity contribution in [3.05, 3.63) is 94.4 Å². The predicted molar refractivity (Wildman–Crippen MR) is 124 cm³/mol. The van der Waals surface area contributed by atoms with Crippen molar-refractivity contribution in [1.82, 2.24) is 4.57 Å². The molecule has 0 aliphatic heterocycles. The Balaban J connectivity index is 1.93. The Morgan fingerprint density at radius 1 is 0.714 bits per heavy atom. The maximum absolute atomic E-state index is 6.36. The average Bonchev–Trinajstić information content (AvgIpc) is 3.00. The largest absolute Gasteiger partial charge is 0.344 e. The van der Waals surface area contributed by atoms with E-state index in [-0.39, 0.29) is 0 Å². The van der Waals surface area contributed by atoms with Gasteiger partial charge in [-0.3, -0.25) is 0 Å². The van der Waals surface area contributed by atoms with Crippen LogP contribution in [0.2, 0.25) is 5.02 Å². The lowest BCUT2D eigenvalue weighted by Gasteiger charge is -2.10. The van der Waals surface area contributed by atoms with E-state index in [1.807, 2.05) is 6.07 Å². The highest BCUT2D eigenvalue weighted by molar-refractivity contribution is 9.10. The van der Waals surface area contributed by atoms with Crippen molar-refractivity contribution >= 4 is 49.3 Å². The fourth-order valence-corrected chi connectivity index (χ4v) is 4.40. The summed E-state index contributed by atoms with van der Waals surface area (Å²) in [4.78, 5) is 0. The summed E-state index contributed by atoms with van der Waals surface area (Å²) in [5.74, 6) is 0. The molecule has 0 saturated heterocycles.